The summed E-state index contributed by atoms with van der Waals surface area (Å²) in [5.74, 6) is 2.11. The van der Waals surface area contributed by atoms with Crippen molar-refractivity contribution in [1.29, 1.82) is 0 Å². The zero-order valence-corrected chi connectivity index (χ0v) is 22.3. The van der Waals surface area contributed by atoms with Gasteiger partial charge in [-0.1, -0.05) is 59.8 Å². The molecule has 10 unspecified atom stereocenters. The minimum Gasteiger partial charge on any atom is -0.393 e. The molecule has 3 N–H and O–H groups in total. The van der Waals surface area contributed by atoms with Crippen molar-refractivity contribution in [3.63, 3.8) is 0 Å². The number of hydrogen-bond acceptors (Lipinski definition) is 3. The molecule has 3 heteroatoms. The maximum atomic E-state index is 10.8. The van der Waals surface area contributed by atoms with E-state index in [1.165, 1.54) is 25.7 Å². The van der Waals surface area contributed by atoms with E-state index in [-0.39, 0.29) is 27.8 Å². The van der Waals surface area contributed by atoms with Crippen molar-refractivity contribution < 1.29 is 15.3 Å². The van der Waals surface area contributed by atoms with Crippen LogP contribution >= 0.6 is 0 Å². The first kappa shape index (κ1) is 25.5. The summed E-state index contributed by atoms with van der Waals surface area (Å²) in [6.07, 6.45) is 9.60. The molecule has 0 aromatic carbocycles. The molecule has 0 bridgehead atoms. The van der Waals surface area contributed by atoms with Gasteiger partial charge in [0.2, 0.25) is 0 Å². The molecule has 4 rings (SSSR count). The number of aliphatic hydroxyl groups is 3. The van der Waals surface area contributed by atoms with Gasteiger partial charge in [-0.25, -0.2) is 0 Å². The minimum absolute atomic E-state index is 0.0241. The molecule has 4 aliphatic carbocycles. The van der Waals surface area contributed by atoms with E-state index in [4.69, 9.17) is 0 Å². The van der Waals surface area contributed by atoms with Crippen LogP contribution in [0, 0.1) is 45.3 Å². The summed E-state index contributed by atoms with van der Waals surface area (Å²) in [5.41, 5.74) is 3.07. The second-order valence-electron chi connectivity index (χ2n) is 13.9. The summed E-state index contributed by atoms with van der Waals surface area (Å²) in [6, 6.07) is 0. The van der Waals surface area contributed by atoms with Crippen molar-refractivity contribution in [3.05, 3.63) is 23.8 Å². The molecule has 0 spiro atoms. The lowest BCUT2D eigenvalue weighted by atomic mass is 9.41. The van der Waals surface area contributed by atoms with E-state index in [0.717, 1.165) is 19.3 Å². The van der Waals surface area contributed by atoms with E-state index < -0.39 is 12.2 Å². The number of hydrogen-bond donors (Lipinski definition) is 3. The Bertz CT molecular complexity index is 813. The van der Waals surface area contributed by atoms with Crippen LogP contribution in [0.1, 0.15) is 99.8 Å². The Hall–Kier alpha value is -0.640. The Kier molecular flexibility index (Phi) is 6.33. The molecular formula is C30H50O3. The lowest BCUT2D eigenvalue weighted by Gasteiger charge is -2.64. The van der Waals surface area contributed by atoms with Gasteiger partial charge in [0.1, 0.15) is 6.10 Å². The molecule has 0 amide bonds. The summed E-state index contributed by atoms with van der Waals surface area (Å²) in [6.45, 7) is 20.1. The Morgan fingerprint density at radius 1 is 1.06 bits per heavy atom. The van der Waals surface area contributed by atoms with Gasteiger partial charge in [0.25, 0.3) is 0 Å². The first-order chi connectivity index (χ1) is 15.2. The van der Waals surface area contributed by atoms with Crippen LogP contribution in [0.3, 0.4) is 0 Å². The lowest BCUT2D eigenvalue weighted by molar-refractivity contribution is -0.132. The van der Waals surface area contributed by atoms with Crippen LogP contribution in [0.15, 0.2) is 23.8 Å². The van der Waals surface area contributed by atoms with Gasteiger partial charge in [-0.2, -0.15) is 0 Å². The van der Waals surface area contributed by atoms with Gasteiger partial charge in [-0.05, 0) is 109 Å². The van der Waals surface area contributed by atoms with Crippen molar-refractivity contribution in [2.24, 2.45) is 45.3 Å². The standard InChI is InChI=1S/C30H50O3/c1-18(2)26(33)23(31)17-19(3)20-11-15-30(8)22-9-10-24-27(4,5)25(32)13-14-28(24,6)21(22)12-16-29(20,30)7/h9,19-21,23-26,31-33H,1,10-17H2,2-8H3. The third-order valence-corrected chi connectivity index (χ3v) is 12.0. The van der Waals surface area contributed by atoms with Crippen LogP contribution in [0.25, 0.3) is 0 Å². The van der Waals surface area contributed by atoms with E-state index in [0.29, 0.717) is 35.7 Å². The summed E-state index contributed by atoms with van der Waals surface area (Å²) in [5, 5.41) is 31.8. The first-order valence-corrected chi connectivity index (χ1v) is 13.6. The molecule has 3 saturated carbocycles. The third kappa shape index (κ3) is 3.54. The maximum absolute atomic E-state index is 10.8. The zero-order chi connectivity index (χ0) is 24.6. The smallest absolute Gasteiger partial charge is 0.100 e. The molecular weight excluding hydrogens is 408 g/mol. The zero-order valence-electron chi connectivity index (χ0n) is 22.3. The van der Waals surface area contributed by atoms with E-state index in [9.17, 15) is 15.3 Å². The second kappa shape index (κ2) is 8.20. The van der Waals surface area contributed by atoms with E-state index in [1.54, 1.807) is 12.5 Å². The lowest BCUT2D eigenvalue weighted by Crippen LogP contribution is -2.58. The van der Waals surface area contributed by atoms with Crippen LogP contribution in [0.4, 0.5) is 0 Å². The van der Waals surface area contributed by atoms with Crippen molar-refractivity contribution in [2.75, 3.05) is 0 Å². The molecule has 3 fully saturated rings. The Morgan fingerprint density at radius 3 is 2.36 bits per heavy atom. The highest BCUT2D eigenvalue weighted by Gasteiger charge is 2.65. The molecule has 33 heavy (non-hydrogen) atoms. The number of allylic oxidation sites excluding steroid dienone is 2. The monoisotopic (exact) mass is 458 g/mol. The normalized spacial score (nSPS) is 46.9. The molecule has 0 saturated heterocycles. The summed E-state index contributed by atoms with van der Waals surface area (Å²) < 4.78 is 0. The number of aliphatic hydroxyl groups excluding tert-OH is 3. The van der Waals surface area contributed by atoms with Gasteiger partial charge < -0.3 is 15.3 Å². The first-order valence-electron chi connectivity index (χ1n) is 13.6. The summed E-state index contributed by atoms with van der Waals surface area (Å²) in [4.78, 5) is 0. The van der Waals surface area contributed by atoms with Crippen LogP contribution in [-0.2, 0) is 0 Å². The minimum atomic E-state index is -0.827. The van der Waals surface area contributed by atoms with Gasteiger partial charge in [-0.15, -0.1) is 0 Å². The highest BCUT2D eigenvalue weighted by molar-refractivity contribution is 5.33. The fraction of sp³-hybridized carbons (Fsp3) is 0.867. The third-order valence-electron chi connectivity index (χ3n) is 12.0. The number of rotatable bonds is 5. The van der Waals surface area contributed by atoms with Gasteiger partial charge in [-0.3, -0.25) is 0 Å². The molecule has 188 valence electrons. The Balaban J connectivity index is 1.61. The fourth-order valence-corrected chi connectivity index (χ4v) is 9.66. The Labute approximate surface area is 202 Å². The SMILES string of the molecule is C=C(C)C(O)C(O)CC(C)C1CCC2(C)C3=CCC4C(C)(C)C(O)CCC4(C)C3CCC12C. The highest BCUT2D eigenvalue weighted by Crippen LogP contribution is 2.73. The average molecular weight is 459 g/mol. The molecule has 0 heterocycles. The van der Waals surface area contributed by atoms with E-state index >= 15 is 0 Å². The molecule has 10 atom stereocenters. The molecule has 0 aromatic heterocycles. The van der Waals surface area contributed by atoms with Crippen LogP contribution in [0.2, 0.25) is 0 Å². The van der Waals surface area contributed by atoms with Gasteiger partial charge in [0.15, 0.2) is 0 Å². The predicted molar refractivity (Wildman–Crippen MR) is 136 cm³/mol. The van der Waals surface area contributed by atoms with Crippen LogP contribution in [0.5, 0.6) is 0 Å². The topological polar surface area (TPSA) is 60.7 Å². The maximum Gasteiger partial charge on any atom is 0.100 e. The molecule has 4 aliphatic rings. The van der Waals surface area contributed by atoms with Crippen molar-refractivity contribution in [1.82, 2.24) is 0 Å². The van der Waals surface area contributed by atoms with Crippen molar-refractivity contribution in [2.45, 2.75) is 118 Å². The number of fused-ring (bicyclic) bond motifs is 5. The van der Waals surface area contributed by atoms with Gasteiger partial charge >= 0.3 is 0 Å². The molecule has 0 aromatic rings. The Morgan fingerprint density at radius 2 is 1.73 bits per heavy atom. The van der Waals surface area contributed by atoms with Gasteiger partial charge in [0, 0.05) is 0 Å². The van der Waals surface area contributed by atoms with Crippen LogP contribution < -0.4 is 0 Å². The predicted octanol–water partition coefficient (Wildman–Crippen LogP) is 6.28. The molecule has 3 nitrogen and oxygen atoms in total. The fourth-order valence-electron chi connectivity index (χ4n) is 9.66. The average Bonchev–Trinajstić information content (AvgIpc) is 3.02. The van der Waals surface area contributed by atoms with Crippen molar-refractivity contribution in [3.8, 4) is 0 Å². The van der Waals surface area contributed by atoms with Crippen molar-refractivity contribution >= 4 is 0 Å². The summed E-state index contributed by atoms with van der Waals surface area (Å²) in [7, 11) is 0. The quantitative estimate of drug-likeness (QED) is 0.425. The highest BCUT2D eigenvalue weighted by atomic mass is 16.3. The second-order valence-corrected chi connectivity index (χ2v) is 13.9. The summed E-state index contributed by atoms with van der Waals surface area (Å²) >= 11 is 0. The largest absolute Gasteiger partial charge is 0.393 e. The molecule has 0 aliphatic heterocycles. The van der Waals surface area contributed by atoms with E-state index in [2.05, 4.69) is 54.2 Å². The van der Waals surface area contributed by atoms with E-state index in [1.807, 2.05) is 0 Å². The molecule has 0 radical (unpaired) electrons. The van der Waals surface area contributed by atoms with Gasteiger partial charge in [0.05, 0.1) is 12.2 Å². The van der Waals surface area contributed by atoms with Crippen LogP contribution in [-0.4, -0.2) is 33.6 Å².